The topological polar surface area (TPSA) is 70.7 Å². The van der Waals surface area contributed by atoms with E-state index in [4.69, 9.17) is 5.11 Å². The molecular weight excluding hydrogens is 280 g/mol. The summed E-state index contributed by atoms with van der Waals surface area (Å²) in [6.07, 6.45) is 8.85. The minimum absolute atomic E-state index is 0.0311. The van der Waals surface area contributed by atoms with Gasteiger partial charge in [0.05, 0.1) is 0 Å². The molecule has 2 atom stereocenters. The van der Waals surface area contributed by atoms with E-state index in [1.165, 1.54) is 12.8 Å². The Morgan fingerprint density at radius 1 is 1.41 bits per heavy atom. The first-order chi connectivity index (χ1) is 10.7. The monoisotopic (exact) mass is 300 g/mol. The molecule has 1 aliphatic carbocycles. The lowest BCUT2D eigenvalue weighted by Gasteiger charge is -2.23. The molecule has 1 aliphatic heterocycles. The Bertz CT molecular complexity index is 711. The van der Waals surface area contributed by atoms with Crippen molar-refractivity contribution in [3.63, 3.8) is 0 Å². The highest BCUT2D eigenvalue weighted by Gasteiger charge is 2.38. The third-order valence-corrected chi connectivity index (χ3v) is 4.90. The van der Waals surface area contributed by atoms with Crippen molar-refractivity contribution in [2.45, 2.75) is 38.1 Å². The second-order valence-electron chi connectivity index (χ2n) is 6.41. The molecule has 0 spiro atoms. The predicted octanol–water partition coefficient (Wildman–Crippen LogP) is 1.28. The standard InChI is InChI=1S/C16H20N4O2/c21-5-4-12-8-17-15-7-14(18-20(15)10-12)16(22)19-9-11-2-1-3-13(19)6-11/h7-8,10-11,13,21H,1-6,9H2/t11-,13+/m0/s1. The van der Waals surface area contributed by atoms with Crippen molar-refractivity contribution in [2.24, 2.45) is 5.92 Å². The number of aliphatic hydroxyl groups is 1. The Labute approximate surface area is 128 Å². The molecule has 1 N–H and O–H groups in total. The summed E-state index contributed by atoms with van der Waals surface area (Å²) in [6.45, 7) is 0.956. The van der Waals surface area contributed by atoms with E-state index in [0.717, 1.165) is 24.9 Å². The normalized spacial score (nSPS) is 24.1. The zero-order valence-corrected chi connectivity index (χ0v) is 12.5. The summed E-state index contributed by atoms with van der Waals surface area (Å²) in [7, 11) is 0. The molecule has 1 amide bonds. The maximum Gasteiger partial charge on any atom is 0.274 e. The largest absolute Gasteiger partial charge is 0.396 e. The van der Waals surface area contributed by atoms with Crippen LogP contribution in [0.4, 0.5) is 0 Å². The fourth-order valence-corrected chi connectivity index (χ4v) is 3.81. The van der Waals surface area contributed by atoms with E-state index >= 15 is 0 Å². The van der Waals surface area contributed by atoms with Crippen molar-refractivity contribution in [3.05, 3.63) is 29.7 Å². The summed E-state index contributed by atoms with van der Waals surface area (Å²) in [6, 6.07) is 2.15. The Morgan fingerprint density at radius 3 is 3.14 bits per heavy atom. The average molecular weight is 300 g/mol. The molecule has 22 heavy (non-hydrogen) atoms. The van der Waals surface area contributed by atoms with Gasteiger partial charge in [0.25, 0.3) is 5.91 Å². The van der Waals surface area contributed by atoms with Crippen LogP contribution in [0.3, 0.4) is 0 Å². The highest BCUT2D eigenvalue weighted by molar-refractivity contribution is 5.93. The highest BCUT2D eigenvalue weighted by atomic mass is 16.3. The number of hydrogen-bond donors (Lipinski definition) is 1. The number of rotatable bonds is 3. The molecule has 0 aromatic carbocycles. The van der Waals surface area contributed by atoms with Crippen LogP contribution >= 0.6 is 0 Å². The molecule has 2 fully saturated rings. The van der Waals surface area contributed by atoms with Gasteiger partial charge >= 0.3 is 0 Å². The number of aromatic nitrogens is 3. The summed E-state index contributed by atoms with van der Waals surface area (Å²) < 4.78 is 1.64. The van der Waals surface area contributed by atoms with E-state index in [-0.39, 0.29) is 12.5 Å². The number of amides is 1. The Morgan fingerprint density at radius 2 is 2.32 bits per heavy atom. The molecule has 1 saturated carbocycles. The van der Waals surface area contributed by atoms with Crippen LogP contribution in [0, 0.1) is 5.92 Å². The Balaban J connectivity index is 1.61. The fraction of sp³-hybridized carbons (Fsp3) is 0.562. The molecule has 0 unspecified atom stereocenters. The van der Waals surface area contributed by atoms with Crippen LogP contribution in [0.2, 0.25) is 0 Å². The van der Waals surface area contributed by atoms with Gasteiger partial charge in [0.15, 0.2) is 11.3 Å². The summed E-state index contributed by atoms with van der Waals surface area (Å²) in [5.41, 5.74) is 2.06. The predicted molar refractivity (Wildman–Crippen MR) is 80.6 cm³/mol. The molecule has 0 radical (unpaired) electrons. The molecule has 2 aromatic rings. The van der Waals surface area contributed by atoms with Gasteiger partial charge in [-0.05, 0) is 37.2 Å². The van der Waals surface area contributed by atoms with Crippen molar-refractivity contribution in [1.82, 2.24) is 19.5 Å². The summed E-state index contributed by atoms with van der Waals surface area (Å²) in [4.78, 5) is 19.1. The maximum atomic E-state index is 12.8. The Kier molecular flexibility index (Phi) is 3.33. The summed E-state index contributed by atoms with van der Waals surface area (Å²) >= 11 is 0. The van der Waals surface area contributed by atoms with Gasteiger partial charge in [-0.3, -0.25) is 4.79 Å². The van der Waals surface area contributed by atoms with Crippen LogP contribution in [0.25, 0.3) is 5.65 Å². The molecule has 3 heterocycles. The first-order valence-corrected chi connectivity index (χ1v) is 8.01. The van der Waals surface area contributed by atoms with Crippen LogP contribution < -0.4 is 0 Å². The second kappa shape index (κ2) is 5.35. The van der Waals surface area contributed by atoms with E-state index < -0.39 is 0 Å². The molecule has 2 aromatic heterocycles. The zero-order valence-electron chi connectivity index (χ0n) is 12.5. The van der Waals surface area contributed by atoms with Gasteiger partial charge in [-0.1, -0.05) is 6.42 Å². The first-order valence-electron chi connectivity index (χ1n) is 8.01. The van der Waals surface area contributed by atoms with E-state index in [2.05, 4.69) is 10.1 Å². The van der Waals surface area contributed by atoms with Crippen molar-refractivity contribution >= 4 is 11.6 Å². The van der Waals surface area contributed by atoms with Crippen molar-refractivity contribution in [1.29, 1.82) is 0 Å². The zero-order chi connectivity index (χ0) is 15.1. The van der Waals surface area contributed by atoms with Crippen molar-refractivity contribution < 1.29 is 9.90 Å². The molecule has 2 bridgehead atoms. The number of likely N-dealkylation sites (tertiary alicyclic amines) is 1. The summed E-state index contributed by atoms with van der Waals surface area (Å²) in [5, 5.41) is 13.4. The van der Waals surface area contributed by atoms with E-state index in [1.807, 2.05) is 11.1 Å². The quantitative estimate of drug-likeness (QED) is 0.927. The molecular formula is C16H20N4O2. The molecule has 4 rings (SSSR count). The van der Waals surface area contributed by atoms with Gasteiger partial charge in [0, 0.05) is 37.7 Å². The molecule has 116 valence electrons. The number of nitrogens with zero attached hydrogens (tertiary/aromatic N) is 4. The smallest absolute Gasteiger partial charge is 0.274 e. The lowest BCUT2D eigenvalue weighted by molar-refractivity contribution is 0.0727. The number of aliphatic hydroxyl groups excluding tert-OH is 1. The molecule has 6 nitrogen and oxygen atoms in total. The Hall–Kier alpha value is -1.95. The van der Waals surface area contributed by atoms with Crippen LogP contribution in [-0.2, 0) is 6.42 Å². The highest BCUT2D eigenvalue weighted by Crippen LogP contribution is 2.36. The maximum absolute atomic E-state index is 12.8. The number of carbonyl (C=O) groups excluding carboxylic acids is 1. The van der Waals surface area contributed by atoms with E-state index in [0.29, 0.717) is 29.7 Å². The van der Waals surface area contributed by atoms with Gasteiger partial charge in [-0.15, -0.1) is 0 Å². The van der Waals surface area contributed by atoms with Gasteiger partial charge in [-0.2, -0.15) is 5.10 Å². The fourth-order valence-electron chi connectivity index (χ4n) is 3.81. The third kappa shape index (κ3) is 2.27. The number of carbonyl (C=O) groups is 1. The van der Waals surface area contributed by atoms with Gasteiger partial charge in [0.1, 0.15) is 0 Å². The minimum atomic E-state index is 0.0311. The molecule has 2 aliphatic rings. The minimum Gasteiger partial charge on any atom is -0.396 e. The van der Waals surface area contributed by atoms with Gasteiger partial charge in [0.2, 0.25) is 0 Å². The van der Waals surface area contributed by atoms with Crippen molar-refractivity contribution in [2.75, 3.05) is 13.2 Å². The van der Waals surface area contributed by atoms with Gasteiger partial charge in [-0.25, -0.2) is 9.50 Å². The first kappa shape index (κ1) is 13.7. The SMILES string of the molecule is O=C(c1cc2ncc(CCO)cn2n1)N1C[C@H]2CCC[C@@H]1C2. The molecule has 1 saturated heterocycles. The lowest BCUT2D eigenvalue weighted by Crippen LogP contribution is -2.35. The second-order valence-corrected chi connectivity index (χ2v) is 6.41. The van der Waals surface area contributed by atoms with E-state index in [1.54, 1.807) is 16.8 Å². The van der Waals surface area contributed by atoms with Crippen LogP contribution in [-0.4, -0.2) is 49.7 Å². The third-order valence-electron chi connectivity index (χ3n) is 4.90. The molecule has 6 heteroatoms. The average Bonchev–Trinajstić information content (AvgIpc) is 3.07. The van der Waals surface area contributed by atoms with Crippen LogP contribution in [0.15, 0.2) is 18.5 Å². The van der Waals surface area contributed by atoms with Crippen molar-refractivity contribution in [3.8, 4) is 0 Å². The lowest BCUT2D eigenvalue weighted by atomic mass is 9.90. The van der Waals surface area contributed by atoms with E-state index in [9.17, 15) is 4.79 Å². The van der Waals surface area contributed by atoms with Crippen LogP contribution in [0.1, 0.15) is 41.7 Å². The van der Waals surface area contributed by atoms with Gasteiger partial charge < -0.3 is 10.0 Å². The number of hydrogen-bond acceptors (Lipinski definition) is 4. The summed E-state index contributed by atoms with van der Waals surface area (Å²) in [5.74, 6) is 0.706. The number of fused-ring (bicyclic) bond motifs is 3. The van der Waals surface area contributed by atoms with Crippen LogP contribution in [0.5, 0.6) is 0 Å².